The summed E-state index contributed by atoms with van der Waals surface area (Å²) in [5.41, 5.74) is 3.29. The summed E-state index contributed by atoms with van der Waals surface area (Å²) in [6, 6.07) is 17.0. The maximum absolute atomic E-state index is 12.6. The molecule has 3 amide bonds. The lowest BCUT2D eigenvalue weighted by Gasteiger charge is -2.22. The van der Waals surface area contributed by atoms with Crippen LogP contribution in [-0.2, 0) is 17.6 Å². The zero-order chi connectivity index (χ0) is 17.6. The van der Waals surface area contributed by atoms with Crippen LogP contribution in [-0.4, -0.2) is 31.1 Å². The Labute approximate surface area is 148 Å². The normalized spacial score (nSPS) is 13.9. The molecule has 1 aliphatic rings. The standard InChI is InChI=1S/C20H23N3O2/c1-15(19(24)23-14-12-17-9-5-6-10-18(17)23)22-20(25)21-13-11-16-7-3-2-4-8-16/h2-10,15H,11-14H2,1H3,(H2,21,22,25)/t15-/m1/s1. The Bertz CT molecular complexity index is 746. The monoisotopic (exact) mass is 337 g/mol. The third kappa shape index (κ3) is 4.18. The van der Waals surface area contributed by atoms with Crippen molar-refractivity contribution in [3.8, 4) is 0 Å². The fourth-order valence-corrected chi connectivity index (χ4v) is 3.08. The summed E-state index contributed by atoms with van der Waals surface area (Å²) in [5, 5.41) is 5.54. The number of hydrogen-bond acceptors (Lipinski definition) is 2. The zero-order valence-corrected chi connectivity index (χ0v) is 14.4. The molecule has 0 bridgehead atoms. The van der Waals surface area contributed by atoms with E-state index in [-0.39, 0.29) is 11.9 Å². The van der Waals surface area contributed by atoms with Crippen molar-refractivity contribution in [2.24, 2.45) is 0 Å². The second-order valence-electron chi connectivity index (χ2n) is 6.23. The van der Waals surface area contributed by atoms with Crippen LogP contribution in [0.15, 0.2) is 54.6 Å². The van der Waals surface area contributed by atoms with Crippen LogP contribution >= 0.6 is 0 Å². The molecule has 0 radical (unpaired) electrons. The van der Waals surface area contributed by atoms with Crippen molar-refractivity contribution in [1.29, 1.82) is 0 Å². The summed E-state index contributed by atoms with van der Waals surface area (Å²) in [6.07, 6.45) is 1.62. The van der Waals surface area contributed by atoms with Gasteiger partial charge in [-0.15, -0.1) is 0 Å². The summed E-state index contributed by atoms with van der Waals surface area (Å²) in [7, 11) is 0. The topological polar surface area (TPSA) is 61.4 Å². The van der Waals surface area contributed by atoms with Gasteiger partial charge in [0.25, 0.3) is 0 Å². The zero-order valence-electron chi connectivity index (χ0n) is 14.4. The lowest BCUT2D eigenvalue weighted by molar-refractivity contribution is -0.119. The number of nitrogens with zero attached hydrogens (tertiary/aromatic N) is 1. The number of fused-ring (bicyclic) bond motifs is 1. The highest BCUT2D eigenvalue weighted by atomic mass is 16.2. The van der Waals surface area contributed by atoms with Gasteiger partial charge in [0.15, 0.2) is 0 Å². The van der Waals surface area contributed by atoms with Crippen molar-refractivity contribution < 1.29 is 9.59 Å². The number of para-hydroxylation sites is 1. The maximum atomic E-state index is 12.6. The Morgan fingerprint density at radius 3 is 2.60 bits per heavy atom. The summed E-state index contributed by atoms with van der Waals surface area (Å²) in [5.74, 6) is -0.0804. The van der Waals surface area contributed by atoms with E-state index < -0.39 is 6.04 Å². The van der Waals surface area contributed by atoms with E-state index >= 15 is 0 Å². The molecule has 0 aliphatic carbocycles. The second-order valence-corrected chi connectivity index (χ2v) is 6.23. The molecule has 5 heteroatoms. The number of benzene rings is 2. The molecular weight excluding hydrogens is 314 g/mol. The van der Waals surface area contributed by atoms with Gasteiger partial charge < -0.3 is 15.5 Å². The second kappa shape index (κ2) is 7.83. The van der Waals surface area contributed by atoms with E-state index in [1.807, 2.05) is 54.6 Å². The van der Waals surface area contributed by atoms with Crippen molar-refractivity contribution in [1.82, 2.24) is 10.6 Å². The first-order valence-corrected chi connectivity index (χ1v) is 8.63. The third-order valence-corrected chi connectivity index (χ3v) is 4.41. The molecule has 1 heterocycles. The molecule has 1 atom stereocenters. The van der Waals surface area contributed by atoms with Gasteiger partial charge in [0.1, 0.15) is 6.04 Å². The van der Waals surface area contributed by atoms with Gasteiger partial charge in [-0.25, -0.2) is 4.79 Å². The van der Waals surface area contributed by atoms with Crippen molar-refractivity contribution in [2.75, 3.05) is 18.0 Å². The van der Waals surface area contributed by atoms with Crippen molar-refractivity contribution in [3.63, 3.8) is 0 Å². The Hall–Kier alpha value is -2.82. The van der Waals surface area contributed by atoms with E-state index in [1.165, 1.54) is 11.1 Å². The number of anilines is 1. The van der Waals surface area contributed by atoms with Crippen LogP contribution in [0.2, 0.25) is 0 Å². The molecule has 0 unspecified atom stereocenters. The Morgan fingerprint density at radius 1 is 1.08 bits per heavy atom. The van der Waals surface area contributed by atoms with Crippen molar-refractivity contribution >= 4 is 17.6 Å². The Morgan fingerprint density at radius 2 is 1.80 bits per heavy atom. The third-order valence-electron chi connectivity index (χ3n) is 4.41. The number of carbonyl (C=O) groups is 2. The van der Waals surface area contributed by atoms with E-state index in [4.69, 9.17) is 0 Å². The van der Waals surface area contributed by atoms with Crippen LogP contribution in [0.1, 0.15) is 18.1 Å². The van der Waals surface area contributed by atoms with E-state index in [0.717, 1.165) is 18.5 Å². The number of urea groups is 1. The van der Waals surface area contributed by atoms with Gasteiger partial charge in [0, 0.05) is 18.8 Å². The van der Waals surface area contributed by atoms with Gasteiger partial charge >= 0.3 is 6.03 Å². The number of amides is 3. The highest BCUT2D eigenvalue weighted by molar-refractivity contribution is 6.00. The van der Waals surface area contributed by atoms with Crippen LogP contribution in [0, 0.1) is 0 Å². The quantitative estimate of drug-likeness (QED) is 0.881. The minimum atomic E-state index is -0.567. The molecule has 2 aromatic rings. The molecule has 2 N–H and O–H groups in total. The van der Waals surface area contributed by atoms with Crippen LogP contribution in [0.4, 0.5) is 10.5 Å². The molecule has 0 saturated heterocycles. The minimum Gasteiger partial charge on any atom is -0.338 e. The van der Waals surface area contributed by atoms with Crippen LogP contribution < -0.4 is 15.5 Å². The van der Waals surface area contributed by atoms with Crippen LogP contribution in [0.5, 0.6) is 0 Å². The maximum Gasteiger partial charge on any atom is 0.315 e. The average Bonchev–Trinajstić information content (AvgIpc) is 3.06. The molecule has 0 fully saturated rings. The molecule has 130 valence electrons. The largest absolute Gasteiger partial charge is 0.338 e. The molecule has 5 nitrogen and oxygen atoms in total. The Kier molecular flexibility index (Phi) is 5.33. The Balaban J connectivity index is 1.47. The average molecular weight is 337 g/mol. The van der Waals surface area contributed by atoms with Gasteiger partial charge in [-0.3, -0.25) is 4.79 Å². The first-order valence-electron chi connectivity index (χ1n) is 8.63. The van der Waals surface area contributed by atoms with E-state index in [9.17, 15) is 9.59 Å². The highest BCUT2D eigenvalue weighted by Crippen LogP contribution is 2.27. The number of hydrogen-bond donors (Lipinski definition) is 2. The number of rotatable bonds is 5. The molecule has 0 spiro atoms. The van der Waals surface area contributed by atoms with Gasteiger partial charge in [0.2, 0.25) is 5.91 Å². The van der Waals surface area contributed by atoms with Gasteiger partial charge in [-0.05, 0) is 37.0 Å². The van der Waals surface area contributed by atoms with E-state index in [1.54, 1.807) is 11.8 Å². The summed E-state index contributed by atoms with van der Waals surface area (Å²) in [6.45, 7) is 2.92. The predicted molar refractivity (Wildman–Crippen MR) is 98.6 cm³/mol. The van der Waals surface area contributed by atoms with Crippen molar-refractivity contribution in [3.05, 3.63) is 65.7 Å². The van der Waals surface area contributed by atoms with Gasteiger partial charge in [0.05, 0.1) is 0 Å². The molecule has 3 rings (SSSR count). The van der Waals surface area contributed by atoms with E-state index in [2.05, 4.69) is 10.6 Å². The number of nitrogens with one attached hydrogen (secondary N) is 2. The molecule has 2 aromatic carbocycles. The van der Waals surface area contributed by atoms with Crippen LogP contribution in [0.25, 0.3) is 0 Å². The summed E-state index contributed by atoms with van der Waals surface area (Å²) in [4.78, 5) is 26.4. The SMILES string of the molecule is C[C@@H](NC(=O)NCCc1ccccc1)C(=O)N1CCc2ccccc21. The van der Waals surface area contributed by atoms with Crippen LogP contribution in [0.3, 0.4) is 0 Å². The minimum absolute atomic E-state index is 0.0804. The highest BCUT2D eigenvalue weighted by Gasteiger charge is 2.28. The summed E-state index contributed by atoms with van der Waals surface area (Å²) < 4.78 is 0. The van der Waals surface area contributed by atoms with Gasteiger partial charge in [-0.2, -0.15) is 0 Å². The fourth-order valence-electron chi connectivity index (χ4n) is 3.08. The lowest BCUT2D eigenvalue weighted by atomic mass is 10.1. The molecular formula is C20H23N3O2. The van der Waals surface area contributed by atoms with Gasteiger partial charge in [-0.1, -0.05) is 48.5 Å². The molecule has 25 heavy (non-hydrogen) atoms. The molecule has 1 aliphatic heterocycles. The molecule has 0 saturated carbocycles. The first kappa shape index (κ1) is 17.0. The smallest absolute Gasteiger partial charge is 0.315 e. The van der Waals surface area contributed by atoms with E-state index in [0.29, 0.717) is 13.1 Å². The molecule has 0 aromatic heterocycles. The summed E-state index contributed by atoms with van der Waals surface area (Å²) >= 11 is 0. The predicted octanol–water partition coefficient (Wildman–Crippen LogP) is 2.51. The lowest BCUT2D eigenvalue weighted by Crippen LogP contribution is -2.49. The van der Waals surface area contributed by atoms with Crippen molar-refractivity contribution in [2.45, 2.75) is 25.8 Å². The number of carbonyl (C=O) groups excluding carboxylic acids is 2. The first-order chi connectivity index (χ1) is 12.1. The fraction of sp³-hybridized carbons (Fsp3) is 0.300.